The van der Waals surface area contributed by atoms with Crippen LogP contribution in [0.3, 0.4) is 0 Å². The Hall–Kier alpha value is -1.73. The van der Waals surface area contributed by atoms with E-state index in [1.807, 2.05) is 36.1 Å². The Morgan fingerprint density at radius 2 is 2.32 bits per heavy atom. The van der Waals surface area contributed by atoms with E-state index in [4.69, 9.17) is 4.74 Å². The first-order valence-corrected chi connectivity index (χ1v) is 9.83. The second kappa shape index (κ2) is 8.58. The molecule has 0 aliphatic carbocycles. The van der Waals surface area contributed by atoms with Crippen molar-refractivity contribution in [2.24, 2.45) is 5.92 Å². The first-order chi connectivity index (χ1) is 12.1. The molecule has 6 nitrogen and oxygen atoms in total. The summed E-state index contributed by atoms with van der Waals surface area (Å²) in [7, 11) is 0. The van der Waals surface area contributed by atoms with E-state index >= 15 is 0 Å². The molecule has 2 N–H and O–H groups in total. The molecule has 1 aromatic carbocycles. The summed E-state index contributed by atoms with van der Waals surface area (Å²) >= 11 is 1.80. The predicted octanol–water partition coefficient (Wildman–Crippen LogP) is 1.00. The molecule has 0 bridgehead atoms. The quantitative estimate of drug-likeness (QED) is 0.789. The molecule has 0 aromatic heterocycles. The van der Waals surface area contributed by atoms with Gasteiger partial charge in [-0.05, 0) is 37.0 Å². The van der Waals surface area contributed by atoms with Crippen molar-refractivity contribution in [1.82, 2.24) is 15.5 Å². The molecule has 2 fully saturated rings. The zero-order valence-corrected chi connectivity index (χ0v) is 15.3. The molecule has 3 rings (SSSR count). The number of ether oxygens (including phenoxy) is 1. The fourth-order valence-corrected chi connectivity index (χ4v) is 4.08. The maximum absolute atomic E-state index is 12.4. The van der Waals surface area contributed by atoms with Crippen molar-refractivity contribution in [3.63, 3.8) is 0 Å². The van der Waals surface area contributed by atoms with Crippen LogP contribution in [0.2, 0.25) is 0 Å². The van der Waals surface area contributed by atoms with E-state index < -0.39 is 0 Å². The second-order valence-electron chi connectivity index (χ2n) is 6.61. The molecule has 2 amide bonds. The summed E-state index contributed by atoms with van der Waals surface area (Å²) in [5, 5.41) is 6.19. The lowest BCUT2D eigenvalue weighted by molar-refractivity contribution is -0.131. The molecule has 1 aromatic rings. The Bertz CT molecular complexity index is 619. The van der Waals surface area contributed by atoms with Crippen LogP contribution in [-0.2, 0) is 9.59 Å². The smallest absolute Gasteiger partial charge is 0.257 e. The lowest BCUT2D eigenvalue weighted by atomic mass is 10.1. The number of nitrogens with zero attached hydrogens (tertiary/aromatic N) is 1. The third-order valence-corrected chi connectivity index (χ3v) is 5.50. The number of hydrogen-bond acceptors (Lipinski definition) is 5. The first-order valence-electron chi connectivity index (χ1n) is 8.68. The molecule has 2 aliphatic heterocycles. The second-order valence-corrected chi connectivity index (χ2v) is 7.69. The van der Waals surface area contributed by atoms with Crippen molar-refractivity contribution in [2.45, 2.75) is 19.4 Å². The monoisotopic (exact) mass is 363 g/mol. The van der Waals surface area contributed by atoms with Gasteiger partial charge in [0.25, 0.3) is 5.91 Å². The molecule has 2 atom stereocenters. The summed E-state index contributed by atoms with van der Waals surface area (Å²) in [6.07, 6.45) is 0.777. The van der Waals surface area contributed by atoms with Crippen molar-refractivity contribution in [3.8, 4) is 5.75 Å². The Labute approximate surface area is 152 Å². The van der Waals surface area contributed by atoms with Gasteiger partial charge in [0.1, 0.15) is 5.75 Å². The summed E-state index contributed by atoms with van der Waals surface area (Å²) in [5.41, 5.74) is 1.10. The number of amides is 2. The molecule has 25 heavy (non-hydrogen) atoms. The molecule has 0 radical (unpaired) electrons. The SMILES string of the molecule is Cc1cccc(OCC(=O)NC[C@@H]2CN[C@H](C(=O)N3CCSC3)C2)c1. The molecular formula is C18H25N3O3S. The number of rotatable bonds is 6. The number of carbonyl (C=O) groups is 2. The summed E-state index contributed by atoms with van der Waals surface area (Å²) in [6.45, 7) is 4.17. The van der Waals surface area contributed by atoms with E-state index in [0.717, 1.165) is 36.7 Å². The number of benzene rings is 1. The van der Waals surface area contributed by atoms with Gasteiger partial charge in [-0.3, -0.25) is 9.59 Å². The zero-order chi connectivity index (χ0) is 17.6. The summed E-state index contributed by atoms with van der Waals surface area (Å²) in [5.74, 6) is 2.88. The van der Waals surface area contributed by atoms with Gasteiger partial charge in [0.15, 0.2) is 6.61 Å². The summed E-state index contributed by atoms with van der Waals surface area (Å²) < 4.78 is 5.50. The Morgan fingerprint density at radius 1 is 1.44 bits per heavy atom. The van der Waals surface area contributed by atoms with Crippen LogP contribution in [0.1, 0.15) is 12.0 Å². The molecule has 0 unspecified atom stereocenters. The van der Waals surface area contributed by atoms with Crippen LogP contribution in [0.5, 0.6) is 5.75 Å². The number of hydrogen-bond donors (Lipinski definition) is 2. The van der Waals surface area contributed by atoms with Gasteiger partial charge in [-0.25, -0.2) is 0 Å². The zero-order valence-electron chi connectivity index (χ0n) is 14.5. The van der Waals surface area contributed by atoms with E-state index in [1.165, 1.54) is 0 Å². The van der Waals surface area contributed by atoms with Crippen molar-refractivity contribution in [2.75, 3.05) is 37.9 Å². The van der Waals surface area contributed by atoms with E-state index in [9.17, 15) is 9.59 Å². The topological polar surface area (TPSA) is 70.7 Å². The maximum atomic E-state index is 12.4. The van der Waals surface area contributed by atoms with Gasteiger partial charge in [0.2, 0.25) is 5.91 Å². The number of aryl methyl sites for hydroxylation is 1. The third-order valence-electron chi connectivity index (χ3n) is 4.53. The standard InChI is InChI=1S/C18H25N3O3S/c1-13-3-2-4-15(7-13)24-11-17(22)20-10-14-8-16(19-9-14)18(23)21-5-6-25-12-21/h2-4,7,14,16,19H,5-6,8-12H2,1H3,(H,20,22)/t14-,16-/m0/s1. The largest absolute Gasteiger partial charge is 0.484 e. The highest BCUT2D eigenvalue weighted by molar-refractivity contribution is 7.99. The summed E-state index contributed by atoms with van der Waals surface area (Å²) in [4.78, 5) is 26.2. The minimum absolute atomic E-state index is 0.0109. The molecule has 2 heterocycles. The van der Waals surface area contributed by atoms with Crippen molar-refractivity contribution in [1.29, 1.82) is 0 Å². The van der Waals surface area contributed by atoms with Gasteiger partial charge in [0, 0.05) is 25.4 Å². The van der Waals surface area contributed by atoms with Crippen LogP contribution in [0.4, 0.5) is 0 Å². The first kappa shape index (κ1) is 18.1. The molecule has 0 saturated carbocycles. The van der Waals surface area contributed by atoms with Gasteiger partial charge in [-0.2, -0.15) is 0 Å². The van der Waals surface area contributed by atoms with Gasteiger partial charge < -0.3 is 20.3 Å². The van der Waals surface area contributed by atoms with E-state index in [1.54, 1.807) is 11.8 Å². The minimum Gasteiger partial charge on any atom is -0.484 e. The molecule has 136 valence electrons. The van der Waals surface area contributed by atoms with Crippen LogP contribution in [0.25, 0.3) is 0 Å². The van der Waals surface area contributed by atoms with Crippen LogP contribution in [0, 0.1) is 12.8 Å². The highest BCUT2D eigenvalue weighted by atomic mass is 32.2. The fourth-order valence-electron chi connectivity index (χ4n) is 3.12. The Kier molecular flexibility index (Phi) is 6.20. The predicted molar refractivity (Wildman–Crippen MR) is 98.6 cm³/mol. The van der Waals surface area contributed by atoms with Crippen LogP contribution >= 0.6 is 11.8 Å². The summed E-state index contributed by atoms with van der Waals surface area (Å²) in [6, 6.07) is 7.53. The van der Waals surface area contributed by atoms with Crippen LogP contribution in [-0.4, -0.2) is 60.6 Å². The van der Waals surface area contributed by atoms with Crippen molar-refractivity contribution >= 4 is 23.6 Å². The third kappa shape index (κ3) is 5.12. The lowest BCUT2D eigenvalue weighted by Gasteiger charge is -2.19. The highest BCUT2D eigenvalue weighted by Gasteiger charge is 2.33. The molecule has 2 aliphatic rings. The minimum atomic E-state index is -0.132. The molecular weight excluding hydrogens is 338 g/mol. The van der Waals surface area contributed by atoms with E-state index in [2.05, 4.69) is 10.6 Å². The number of nitrogens with one attached hydrogen (secondary N) is 2. The van der Waals surface area contributed by atoms with Gasteiger partial charge >= 0.3 is 0 Å². The van der Waals surface area contributed by atoms with Crippen LogP contribution in [0.15, 0.2) is 24.3 Å². The Balaban J connectivity index is 1.36. The normalized spacial score (nSPS) is 22.8. The Morgan fingerprint density at radius 3 is 3.08 bits per heavy atom. The highest BCUT2D eigenvalue weighted by Crippen LogP contribution is 2.20. The van der Waals surface area contributed by atoms with Crippen LogP contribution < -0.4 is 15.4 Å². The van der Waals surface area contributed by atoms with E-state index in [0.29, 0.717) is 12.3 Å². The van der Waals surface area contributed by atoms with Gasteiger partial charge in [-0.1, -0.05) is 12.1 Å². The number of thioether (sulfide) groups is 1. The fraction of sp³-hybridized carbons (Fsp3) is 0.556. The molecule has 7 heteroatoms. The molecule has 2 saturated heterocycles. The van der Waals surface area contributed by atoms with E-state index in [-0.39, 0.29) is 30.4 Å². The lowest BCUT2D eigenvalue weighted by Crippen LogP contribution is -2.42. The molecule has 0 spiro atoms. The average Bonchev–Trinajstić information content (AvgIpc) is 3.29. The van der Waals surface area contributed by atoms with Gasteiger partial charge in [-0.15, -0.1) is 11.8 Å². The van der Waals surface area contributed by atoms with Crippen molar-refractivity contribution in [3.05, 3.63) is 29.8 Å². The number of carbonyl (C=O) groups excluding carboxylic acids is 2. The van der Waals surface area contributed by atoms with Gasteiger partial charge in [0.05, 0.1) is 11.9 Å². The van der Waals surface area contributed by atoms with Crippen molar-refractivity contribution < 1.29 is 14.3 Å². The average molecular weight is 363 g/mol. The maximum Gasteiger partial charge on any atom is 0.257 e.